The number of hydrogen-bond acceptors (Lipinski definition) is 14. The van der Waals surface area contributed by atoms with Crippen LogP contribution in [0.3, 0.4) is 0 Å². The quantitative estimate of drug-likeness (QED) is 0.0314. The molecule has 5 N–H and O–H groups in total. The van der Waals surface area contributed by atoms with E-state index in [2.05, 4.69) is 26.0 Å². The number of esters is 1. The molecule has 12 atom stereocenters. The van der Waals surface area contributed by atoms with E-state index < -0.39 is 108 Å². The zero-order valence-electron chi connectivity index (χ0n) is 52.4. The molecule has 0 unspecified atom stereocenters. The highest BCUT2D eigenvalue weighted by Crippen LogP contribution is 2.34. The summed E-state index contributed by atoms with van der Waals surface area (Å²) in [6.45, 7) is 18.5. The van der Waals surface area contributed by atoms with Crippen LogP contribution >= 0.6 is 0 Å². The number of allylic oxidation sites excluding steroid dienone is 1. The molecule has 4 rings (SSSR count). The summed E-state index contributed by atoms with van der Waals surface area (Å²) in [7, 11) is 7.42. The molecule has 1 aliphatic carbocycles. The molecule has 0 spiro atoms. The third-order valence-corrected chi connectivity index (χ3v) is 16.9. The molecule has 0 saturated carbocycles. The minimum absolute atomic E-state index is 0.0698. The van der Waals surface area contributed by atoms with Crippen LogP contribution in [0.2, 0.25) is 0 Å². The van der Waals surface area contributed by atoms with E-state index in [1.807, 2.05) is 65.8 Å². The number of hydrogen-bond donors (Lipinski definition) is 5. The number of benzene rings is 2. The molecule has 7 amide bonds. The summed E-state index contributed by atoms with van der Waals surface area (Å²) in [5.41, 5.74) is 1.82. The standard InChI is InChI=1S/C63H97N7O14/c1-16-40(7)54(49(80-13)35-50(71)70-33-23-27-48(70)56(82-15)41(8)57(74)65-42(9)55(73)44-24-19-18-20-25-44)68(11)59(76)52(38(3)4)67-58(75)53(39(5)6)69(12)62(79)83-37-45-28-29-46(34-43(45)17-2)66-61(78)84-47-26-21-22-31-63(10,32-30-47)60(77)64-36-51(72)81-14/h18-21,24-26,28-29,34,38-42,47-49,52-56,73H,16-17,22-23,27,30-33,35-37H2,1-15H3,(H,64,77)(H,65,74)(H,66,78)(H,67,75)/b26-21+/t40-,41+,42+,47-,48-,49+,52-,53-,54-,55+,56+,63+/m0/s1. The van der Waals surface area contributed by atoms with E-state index >= 15 is 0 Å². The lowest BCUT2D eigenvalue weighted by Gasteiger charge is -2.41. The first-order valence-corrected chi connectivity index (χ1v) is 29.7. The number of ether oxygens (including phenoxy) is 5. The summed E-state index contributed by atoms with van der Waals surface area (Å²) in [6.07, 6.45) is 3.63. The smallest absolute Gasteiger partial charge is 0.412 e. The van der Waals surface area contributed by atoms with Crippen molar-refractivity contribution in [3.8, 4) is 0 Å². The van der Waals surface area contributed by atoms with E-state index in [0.717, 1.165) is 5.56 Å². The van der Waals surface area contributed by atoms with Gasteiger partial charge in [0.1, 0.15) is 31.3 Å². The van der Waals surface area contributed by atoms with Crippen molar-refractivity contribution >= 4 is 53.4 Å². The Balaban J connectivity index is 1.39. The zero-order chi connectivity index (χ0) is 62.6. The molecule has 1 aliphatic heterocycles. The topological polar surface area (TPSA) is 261 Å². The summed E-state index contributed by atoms with van der Waals surface area (Å²) in [4.78, 5) is 113. The van der Waals surface area contributed by atoms with Crippen LogP contribution in [0.25, 0.3) is 0 Å². The molecule has 1 heterocycles. The van der Waals surface area contributed by atoms with Gasteiger partial charge in [0, 0.05) is 46.0 Å². The number of likely N-dealkylation sites (tertiary alicyclic amines) is 1. The maximum absolute atomic E-state index is 14.8. The first kappa shape index (κ1) is 69.9. The first-order chi connectivity index (χ1) is 39.8. The van der Waals surface area contributed by atoms with Gasteiger partial charge in [-0.3, -0.25) is 39.0 Å². The van der Waals surface area contributed by atoms with Crippen LogP contribution in [0, 0.1) is 29.1 Å². The largest absolute Gasteiger partial charge is 0.468 e. The highest BCUT2D eigenvalue weighted by Gasteiger charge is 2.44. The van der Waals surface area contributed by atoms with Crippen LogP contribution in [0.5, 0.6) is 0 Å². The van der Waals surface area contributed by atoms with E-state index in [0.29, 0.717) is 74.7 Å². The normalized spacial score (nSPS) is 20.7. The van der Waals surface area contributed by atoms with Gasteiger partial charge in [-0.25, -0.2) is 9.59 Å². The average molecular weight is 1180 g/mol. The van der Waals surface area contributed by atoms with E-state index in [1.165, 1.54) is 33.3 Å². The molecule has 1 fully saturated rings. The monoisotopic (exact) mass is 1180 g/mol. The number of nitrogens with zero attached hydrogens (tertiary/aromatic N) is 3. The predicted octanol–water partition coefficient (Wildman–Crippen LogP) is 7.48. The number of likely N-dealkylation sites (N-methyl/N-ethyl adjacent to an activating group) is 2. The number of methoxy groups -OCH3 is 3. The van der Waals surface area contributed by atoms with Crippen molar-refractivity contribution in [2.45, 2.75) is 188 Å². The SMILES string of the molecule is CCc1cc(NC(=O)O[C@H]2/C=C/CC[C@@](C)(C(=O)NCC(=O)OC)CC2)ccc1COC(=O)N(C)[C@H](C(=O)N[C@H](C(=O)N(C)[C@@H]([C@@H](C)CC)[C@@H](CC(=O)N1CCC[C@H]1[C@H](OC)[C@@H](C)C(=O)N[C@H](C)[C@@H](O)c1ccccc1)OC)C(C)C)C(C)C. The van der Waals surface area contributed by atoms with Gasteiger partial charge in [-0.05, 0) is 105 Å². The molecule has 2 aromatic rings. The van der Waals surface area contributed by atoms with Crippen LogP contribution in [-0.2, 0) is 65.5 Å². The molecule has 0 bridgehead atoms. The van der Waals surface area contributed by atoms with Gasteiger partial charge in [-0.2, -0.15) is 0 Å². The molecule has 2 aliphatic rings. The lowest BCUT2D eigenvalue weighted by atomic mass is 9.78. The number of aliphatic hydroxyl groups is 1. The molecule has 0 aromatic heterocycles. The van der Waals surface area contributed by atoms with Gasteiger partial charge in [0.15, 0.2) is 0 Å². The van der Waals surface area contributed by atoms with Crippen molar-refractivity contribution in [2.24, 2.45) is 29.1 Å². The van der Waals surface area contributed by atoms with E-state index in [4.69, 9.17) is 18.9 Å². The second-order valence-corrected chi connectivity index (χ2v) is 23.6. The van der Waals surface area contributed by atoms with Crippen molar-refractivity contribution in [2.75, 3.05) is 53.8 Å². The summed E-state index contributed by atoms with van der Waals surface area (Å²) in [5, 5.41) is 22.3. The maximum Gasteiger partial charge on any atom is 0.412 e. The van der Waals surface area contributed by atoms with Gasteiger partial charge in [-0.15, -0.1) is 0 Å². The van der Waals surface area contributed by atoms with Gasteiger partial charge >= 0.3 is 18.2 Å². The molecule has 468 valence electrons. The summed E-state index contributed by atoms with van der Waals surface area (Å²) in [6, 6.07) is 10.6. The fourth-order valence-electron chi connectivity index (χ4n) is 11.5. The van der Waals surface area contributed by atoms with Crippen LogP contribution in [0.1, 0.15) is 143 Å². The van der Waals surface area contributed by atoms with Crippen LogP contribution < -0.4 is 21.3 Å². The summed E-state index contributed by atoms with van der Waals surface area (Å²) in [5.74, 6) is -3.92. The second-order valence-electron chi connectivity index (χ2n) is 23.6. The van der Waals surface area contributed by atoms with Gasteiger partial charge in [0.05, 0.1) is 55.9 Å². The number of aryl methyl sites for hydroxylation is 1. The average Bonchev–Trinajstić information content (AvgIpc) is 3.40. The number of aliphatic hydroxyl groups excluding tert-OH is 1. The minimum atomic E-state index is -1.04. The molecular formula is C63H97N7O14. The first-order valence-electron chi connectivity index (χ1n) is 29.7. The third-order valence-electron chi connectivity index (χ3n) is 16.9. The van der Waals surface area contributed by atoms with Crippen LogP contribution in [0.15, 0.2) is 60.7 Å². The highest BCUT2D eigenvalue weighted by atomic mass is 16.6. The van der Waals surface area contributed by atoms with Gasteiger partial charge in [0.25, 0.3) is 0 Å². The molecule has 21 nitrogen and oxygen atoms in total. The number of anilines is 1. The van der Waals surface area contributed by atoms with Gasteiger partial charge in [0.2, 0.25) is 29.5 Å². The molecule has 0 radical (unpaired) electrons. The third kappa shape index (κ3) is 19.0. The lowest BCUT2D eigenvalue weighted by Crippen LogP contribution is -2.60. The fraction of sp³-hybridized carbons (Fsp3) is 0.651. The summed E-state index contributed by atoms with van der Waals surface area (Å²) < 4.78 is 28.3. The van der Waals surface area contributed by atoms with Crippen molar-refractivity contribution in [3.63, 3.8) is 0 Å². The maximum atomic E-state index is 14.8. The number of amides is 7. The Morgan fingerprint density at radius 2 is 1.51 bits per heavy atom. The van der Waals surface area contributed by atoms with Gasteiger partial charge < -0.3 is 54.5 Å². The van der Waals surface area contributed by atoms with E-state index in [-0.39, 0.29) is 43.2 Å². The van der Waals surface area contributed by atoms with Gasteiger partial charge in [-0.1, -0.05) is 111 Å². The minimum Gasteiger partial charge on any atom is -0.468 e. The second kappa shape index (κ2) is 33.2. The Morgan fingerprint density at radius 1 is 0.821 bits per heavy atom. The highest BCUT2D eigenvalue weighted by molar-refractivity contribution is 5.92. The number of carbonyl (C=O) groups is 8. The fourth-order valence-corrected chi connectivity index (χ4v) is 11.5. The molecular weight excluding hydrogens is 1080 g/mol. The Hall–Kier alpha value is -6.58. The summed E-state index contributed by atoms with van der Waals surface area (Å²) >= 11 is 0. The van der Waals surface area contributed by atoms with E-state index in [9.17, 15) is 43.5 Å². The Bertz CT molecular complexity index is 2550. The van der Waals surface area contributed by atoms with Crippen molar-refractivity contribution < 1.29 is 67.1 Å². The molecule has 2 aromatic carbocycles. The predicted molar refractivity (Wildman–Crippen MR) is 319 cm³/mol. The van der Waals surface area contributed by atoms with Crippen LogP contribution in [-0.4, -0.2) is 165 Å². The number of nitrogens with one attached hydrogen (secondary N) is 4. The number of carbonyl (C=O) groups excluding carboxylic acids is 8. The molecule has 1 saturated heterocycles. The Kier molecular flexibility index (Phi) is 27.6. The van der Waals surface area contributed by atoms with Crippen molar-refractivity contribution in [3.05, 3.63) is 77.4 Å². The van der Waals surface area contributed by atoms with Crippen molar-refractivity contribution in [1.82, 2.24) is 30.7 Å². The van der Waals surface area contributed by atoms with Crippen LogP contribution in [0.4, 0.5) is 15.3 Å². The van der Waals surface area contributed by atoms with Crippen molar-refractivity contribution in [1.29, 1.82) is 0 Å². The lowest BCUT2D eigenvalue weighted by molar-refractivity contribution is -0.148. The molecule has 21 heteroatoms. The number of rotatable bonds is 28. The Labute approximate surface area is 498 Å². The molecule has 84 heavy (non-hydrogen) atoms. The Morgan fingerprint density at radius 3 is 2.12 bits per heavy atom. The van der Waals surface area contributed by atoms with E-state index in [1.54, 1.807) is 81.0 Å². The zero-order valence-corrected chi connectivity index (χ0v) is 52.4.